The molecule has 2 nitrogen and oxygen atoms in total. The predicted octanol–water partition coefficient (Wildman–Crippen LogP) is 3.59. The third-order valence-electron chi connectivity index (χ3n) is 2.53. The van der Waals surface area contributed by atoms with Crippen LogP contribution in [-0.2, 0) is 6.54 Å². The highest BCUT2D eigenvalue weighted by Crippen LogP contribution is 2.16. The molecule has 0 aliphatic rings. The second kappa shape index (κ2) is 5.44. The Morgan fingerprint density at radius 1 is 1.00 bits per heavy atom. The van der Waals surface area contributed by atoms with E-state index in [1.54, 1.807) is 0 Å². The van der Waals surface area contributed by atoms with Crippen molar-refractivity contribution in [2.24, 2.45) is 0 Å². The average molecular weight is 262 g/mol. The van der Waals surface area contributed by atoms with Crippen LogP contribution in [0.4, 0.5) is 18.9 Å². The zero-order chi connectivity index (χ0) is 13.8. The van der Waals surface area contributed by atoms with E-state index < -0.39 is 17.5 Å². The molecular weight excluding hydrogens is 253 g/mol. The standard InChI is InChI=1S/C14H9F3N2/c15-11-4-12(16)6-13(5-11)19-8-10-2-1-9(7-18)3-14(10)17/h1-6,19H,8H2. The van der Waals surface area contributed by atoms with Gasteiger partial charge in [0.15, 0.2) is 0 Å². The summed E-state index contributed by atoms with van der Waals surface area (Å²) in [6.07, 6.45) is 0. The highest BCUT2D eigenvalue weighted by atomic mass is 19.1. The zero-order valence-corrected chi connectivity index (χ0v) is 9.75. The van der Waals surface area contributed by atoms with Gasteiger partial charge in [-0.15, -0.1) is 0 Å². The molecule has 0 aliphatic carbocycles. The van der Waals surface area contributed by atoms with E-state index in [0.29, 0.717) is 5.56 Å². The lowest BCUT2D eigenvalue weighted by molar-refractivity contribution is 0.584. The largest absolute Gasteiger partial charge is 0.381 e. The second-order valence-corrected chi connectivity index (χ2v) is 3.93. The normalized spacial score (nSPS) is 10.0. The van der Waals surface area contributed by atoms with Crippen LogP contribution in [0.15, 0.2) is 36.4 Å². The van der Waals surface area contributed by atoms with Crippen molar-refractivity contribution >= 4 is 5.69 Å². The molecule has 2 rings (SSSR count). The summed E-state index contributed by atoms with van der Waals surface area (Å²) in [5, 5.41) is 11.3. The van der Waals surface area contributed by atoms with Crippen molar-refractivity contribution < 1.29 is 13.2 Å². The molecule has 0 saturated carbocycles. The van der Waals surface area contributed by atoms with Crippen LogP contribution in [0.5, 0.6) is 0 Å². The van der Waals surface area contributed by atoms with Crippen molar-refractivity contribution in [3.8, 4) is 6.07 Å². The van der Waals surface area contributed by atoms with E-state index in [0.717, 1.165) is 24.3 Å². The quantitative estimate of drug-likeness (QED) is 0.917. The summed E-state index contributed by atoms with van der Waals surface area (Å²) in [4.78, 5) is 0. The van der Waals surface area contributed by atoms with E-state index in [2.05, 4.69) is 5.32 Å². The second-order valence-electron chi connectivity index (χ2n) is 3.93. The van der Waals surface area contributed by atoms with Crippen molar-refractivity contribution in [3.05, 3.63) is 65.0 Å². The summed E-state index contributed by atoms with van der Waals surface area (Å²) >= 11 is 0. The highest BCUT2D eigenvalue weighted by Gasteiger charge is 2.05. The summed E-state index contributed by atoms with van der Waals surface area (Å²) in [6, 6.07) is 8.86. The van der Waals surface area contributed by atoms with Crippen LogP contribution < -0.4 is 5.32 Å². The van der Waals surface area contributed by atoms with Crippen molar-refractivity contribution in [2.75, 3.05) is 5.32 Å². The van der Waals surface area contributed by atoms with Crippen molar-refractivity contribution in [2.45, 2.75) is 6.54 Å². The lowest BCUT2D eigenvalue weighted by atomic mass is 10.1. The highest BCUT2D eigenvalue weighted by molar-refractivity contribution is 5.44. The molecule has 19 heavy (non-hydrogen) atoms. The van der Waals surface area contributed by atoms with Crippen molar-refractivity contribution in [1.82, 2.24) is 0 Å². The van der Waals surface area contributed by atoms with Gasteiger partial charge >= 0.3 is 0 Å². The number of hydrogen-bond acceptors (Lipinski definition) is 2. The summed E-state index contributed by atoms with van der Waals surface area (Å²) < 4.78 is 39.4. The fourth-order valence-corrected chi connectivity index (χ4v) is 1.61. The number of rotatable bonds is 3. The molecule has 0 bridgehead atoms. The Morgan fingerprint density at radius 3 is 2.26 bits per heavy atom. The predicted molar refractivity (Wildman–Crippen MR) is 64.8 cm³/mol. The van der Waals surface area contributed by atoms with Crippen LogP contribution in [-0.4, -0.2) is 0 Å². The van der Waals surface area contributed by atoms with Gasteiger partial charge in [0.05, 0.1) is 11.6 Å². The minimum absolute atomic E-state index is 0.0699. The molecule has 96 valence electrons. The Morgan fingerprint density at radius 2 is 1.68 bits per heavy atom. The SMILES string of the molecule is N#Cc1ccc(CNc2cc(F)cc(F)c2)c(F)c1. The summed E-state index contributed by atoms with van der Waals surface area (Å²) in [5.41, 5.74) is 0.753. The van der Waals surface area contributed by atoms with E-state index in [1.165, 1.54) is 12.1 Å². The lowest BCUT2D eigenvalue weighted by Crippen LogP contribution is -2.02. The maximum absolute atomic E-state index is 13.6. The first kappa shape index (κ1) is 13.0. The molecular formula is C14H9F3N2. The topological polar surface area (TPSA) is 35.8 Å². The van der Waals surface area contributed by atoms with Crippen LogP contribution in [0.3, 0.4) is 0 Å². The summed E-state index contributed by atoms with van der Waals surface area (Å²) in [5.74, 6) is -1.95. The van der Waals surface area contributed by atoms with Gasteiger partial charge in [-0.1, -0.05) is 6.07 Å². The molecule has 0 amide bonds. The third kappa shape index (κ3) is 3.26. The monoisotopic (exact) mass is 262 g/mol. The molecule has 0 atom stereocenters. The number of benzene rings is 2. The molecule has 2 aromatic rings. The van der Waals surface area contributed by atoms with Gasteiger partial charge in [0, 0.05) is 23.9 Å². The van der Waals surface area contributed by atoms with Gasteiger partial charge in [0.2, 0.25) is 0 Å². The molecule has 0 aliphatic heterocycles. The first-order chi connectivity index (χ1) is 9.08. The molecule has 0 fully saturated rings. The Kier molecular flexibility index (Phi) is 3.71. The van der Waals surface area contributed by atoms with E-state index in [-0.39, 0.29) is 17.8 Å². The van der Waals surface area contributed by atoms with Crippen molar-refractivity contribution in [1.29, 1.82) is 5.26 Å². The van der Waals surface area contributed by atoms with Crippen LogP contribution in [0, 0.1) is 28.8 Å². The number of nitrogens with zero attached hydrogens (tertiary/aromatic N) is 1. The Bertz CT molecular complexity index is 627. The lowest BCUT2D eigenvalue weighted by Gasteiger charge is -2.08. The van der Waals surface area contributed by atoms with Gasteiger partial charge in [0.1, 0.15) is 17.5 Å². The van der Waals surface area contributed by atoms with Gasteiger partial charge in [-0.25, -0.2) is 13.2 Å². The fourth-order valence-electron chi connectivity index (χ4n) is 1.61. The van der Waals surface area contributed by atoms with Crippen LogP contribution in [0.2, 0.25) is 0 Å². The Hall–Kier alpha value is -2.48. The van der Waals surface area contributed by atoms with Gasteiger partial charge in [-0.3, -0.25) is 0 Å². The van der Waals surface area contributed by atoms with Gasteiger partial charge in [-0.2, -0.15) is 5.26 Å². The molecule has 0 aromatic heterocycles. The Balaban J connectivity index is 2.12. The van der Waals surface area contributed by atoms with Crippen molar-refractivity contribution in [3.63, 3.8) is 0 Å². The third-order valence-corrected chi connectivity index (χ3v) is 2.53. The number of nitrogens with one attached hydrogen (secondary N) is 1. The number of hydrogen-bond donors (Lipinski definition) is 1. The Labute approximate surface area is 108 Å². The van der Waals surface area contributed by atoms with E-state index in [9.17, 15) is 13.2 Å². The molecule has 0 spiro atoms. The molecule has 0 saturated heterocycles. The summed E-state index contributed by atoms with van der Waals surface area (Å²) in [7, 11) is 0. The number of halogens is 3. The molecule has 1 N–H and O–H groups in total. The van der Waals surface area contributed by atoms with E-state index in [1.807, 2.05) is 6.07 Å². The molecule has 0 heterocycles. The molecule has 2 aromatic carbocycles. The van der Waals surface area contributed by atoms with Gasteiger partial charge in [0.25, 0.3) is 0 Å². The smallest absolute Gasteiger partial charge is 0.129 e. The molecule has 0 radical (unpaired) electrons. The van der Waals surface area contributed by atoms with Crippen LogP contribution >= 0.6 is 0 Å². The minimum Gasteiger partial charge on any atom is -0.381 e. The molecule has 5 heteroatoms. The van der Waals surface area contributed by atoms with Crippen LogP contribution in [0.1, 0.15) is 11.1 Å². The van der Waals surface area contributed by atoms with Crippen LogP contribution in [0.25, 0.3) is 0 Å². The first-order valence-electron chi connectivity index (χ1n) is 5.47. The maximum atomic E-state index is 13.6. The minimum atomic E-state index is -0.706. The van der Waals surface area contributed by atoms with Gasteiger partial charge < -0.3 is 5.32 Å². The maximum Gasteiger partial charge on any atom is 0.129 e. The average Bonchev–Trinajstić information content (AvgIpc) is 2.36. The zero-order valence-electron chi connectivity index (χ0n) is 9.75. The fraction of sp³-hybridized carbons (Fsp3) is 0.0714. The van der Waals surface area contributed by atoms with E-state index in [4.69, 9.17) is 5.26 Å². The van der Waals surface area contributed by atoms with Gasteiger partial charge in [-0.05, 0) is 24.3 Å². The summed E-state index contributed by atoms with van der Waals surface area (Å²) in [6.45, 7) is 0.0699. The first-order valence-corrected chi connectivity index (χ1v) is 5.47. The van der Waals surface area contributed by atoms with E-state index >= 15 is 0 Å². The number of anilines is 1. The molecule has 0 unspecified atom stereocenters. The number of nitriles is 1.